The fourth-order valence-corrected chi connectivity index (χ4v) is 4.29. The number of carbonyl (C=O) groups is 2. The van der Waals surface area contributed by atoms with Gasteiger partial charge < -0.3 is 10.6 Å². The van der Waals surface area contributed by atoms with Crippen molar-refractivity contribution in [1.29, 1.82) is 0 Å². The predicted molar refractivity (Wildman–Crippen MR) is 99.8 cm³/mol. The molecule has 1 aromatic heterocycles. The maximum absolute atomic E-state index is 13.5. The maximum atomic E-state index is 13.5. The van der Waals surface area contributed by atoms with E-state index in [9.17, 15) is 14.0 Å². The summed E-state index contributed by atoms with van der Waals surface area (Å²) in [5.74, 6) is -0.986. The average Bonchev–Trinajstić information content (AvgIpc) is 3.21. The van der Waals surface area contributed by atoms with Crippen molar-refractivity contribution in [2.75, 3.05) is 6.54 Å². The number of carbonyl (C=O) groups excluding carboxylic acids is 2. The van der Waals surface area contributed by atoms with Crippen LogP contribution in [0.4, 0.5) is 4.39 Å². The van der Waals surface area contributed by atoms with Crippen molar-refractivity contribution >= 4 is 34.8 Å². The zero-order valence-electron chi connectivity index (χ0n) is 14.4. The number of halogens is 2. The highest BCUT2D eigenvalue weighted by molar-refractivity contribution is 7.16. The molecule has 2 N–H and O–H groups in total. The third-order valence-corrected chi connectivity index (χ3v) is 6.28. The zero-order chi connectivity index (χ0) is 18.9. The molecule has 0 spiro atoms. The number of hydrogen-bond acceptors (Lipinski definition) is 4. The normalized spacial score (nSPS) is 18.6. The van der Waals surface area contributed by atoms with E-state index < -0.39 is 11.9 Å². The molecule has 3 rings (SSSR count). The van der Waals surface area contributed by atoms with Crippen LogP contribution in [0.2, 0.25) is 5.02 Å². The molecule has 1 unspecified atom stereocenters. The molecule has 1 atom stereocenters. The highest BCUT2D eigenvalue weighted by atomic mass is 35.5. The Balaban J connectivity index is 1.81. The van der Waals surface area contributed by atoms with Crippen LogP contribution in [0.25, 0.3) is 10.6 Å². The minimum absolute atomic E-state index is 0.163. The summed E-state index contributed by atoms with van der Waals surface area (Å²) < 4.78 is 13.5. The fourth-order valence-electron chi connectivity index (χ4n) is 3.26. The van der Waals surface area contributed by atoms with Crippen molar-refractivity contribution in [2.45, 2.75) is 32.7 Å². The summed E-state index contributed by atoms with van der Waals surface area (Å²) in [6, 6.07) is 3.55. The van der Waals surface area contributed by atoms with Crippen LogP contribution in [0.15, 0.2) is 24.4 Å². The van der Waals surface area contributed by atoms with Crippen molar-refractivity contribution in [3.05, 3.63) is 40.1 Å². The van der Waals surface area contributed by atoms with E-state index in [4.69, 9.17) is 11.6 Å². The van der Waals surface area contributed by atoms with Crippen LogP contribution in [0.5, 0.6) is 0 Å². The van der Waals surface area contributed by atoms with Crippen molar-refractivity contribution < 1.29 is 14.0 Å². The molecule has 0 bridgehead atoms. The molecule has 8 heteroatoms. The largest absolute Gasteiger partial charge is 0.354 e. The maximum Gasteiger partial charge on any atom is 0.263 e. The molecule has 0 radical (unpaired) electrons. The second-order valence-corrected chi connectivity index (χ2v) is 7.85. The van der Waals surface area contributed by atoms with Crippen LogP contribution in [0.1, 0.15) is 36.4 Å². The standard InChI is InChI=1S/C18H19ClFN3O2S/c1-3-18(4-2)9-22-16(25)14(18)23-15(24)13-8-21-17(26-13)10-5-11(19)7-12(20)6-10/h5-8,14H,3-4,9H2,1-2H3,(H,22,25)(H,23,24). The Morgan fingerprint density at radius 2 is 2.15 bits per heavy atom. The van der Waals surface area contributed by atoms with Crippen molar-refractivity contribution in [3.63, 3.8) is 0 Å². The van der Waals surface area contributed by atoms with E-state index in [1.807, 2.05) is 13.8 Å². The van der Waals surface area contributed by atoms with Gasteiger partial charge in [-0.3, -0.25) is 9.59 Å². The molecule has 26 heavy (non-hydrogen) atoms. The smallest absolute Gasteiger partial charge is 0.263 e. The van der Waals surface area contributed by atoms with Crippen molar-refractivity contribution in [2.24, 2.45) is 5.41 Å². The lowest BCUT2D eigenvalue weighted by Gasteiger charge is -2.31. The molecule has 0 aliphatic carbocycles. The first-order valence-corrected chi connectivity index (χ1v) is 9.59. The SMILES string of the molecule is CCC1(CC)CNC(=O)C1NC(=O)c1cnc(-c2cc(F)cc(Cl)c2)s1. The van der Waals surface area contributed by atoms with Gasteiger partial charge in [0.2, 0.25) is 5.91 Å². The number of benzene rings is 1. The molecule has 5 nitrogen and oxygen atoms in total. The van der Waals surface area contributed by atoms with Crippen molar-refractivity contribution in [1.82, 2.24) is 15.6 Å². The number of amides is 2. The second kappa shape index (κ2) is 7.32. The highest BCUT2D eigenvalue weighted by Gasteiger charge is 2.46. The van der Waals surface area contributed by atoms with Crippen molar-refractivity contribution in [3.8, 4) is 10.6 Å². The lowest BCUT2D eigenvalue weighted by atomic mass is 9.77. The first-order valence-electron chi connectivity index (χ1n) is 8.39. The summed E-state index contributed by atoms with van der Waals surface area (Å²) in [7, 11) is 0. The van der Waals surface area contributed by atoms with Gasteiger partial charge >= 0.3 is 0 Å². The van der Waals surface area contributed by atoms with Crippen LogP contribution in [-0.4, -0.2) is 29.4 Å². The number of nitrogens with zero attached hydrogens (tertiary/aromatic N) is 1. The van der Waals surface area contributed by atoms with E-state index in [2.05, 4.69) is 15.6 Å². The number of thiazole rings is 1. The molecule has 1 fully saturated rings. The van der Waals surface area contributed by atoms with Gasteiger partial charge in [-0.1, -0.05) is 25.4 Å². The van der Waals surface area contributed by atoms with Crippen LogP contribution >= 0.6 is 22.9 Å². The van der Waals surface area contributed by atoms with Gasteiger partial charge in [0.15, 0.2) is 0 Å². The zero-order valence-corrected chi connectivity index (χ0v) is 16.0. The summed E-state index contributed by atoms with van der Waals surface area (Å²) in [5.41, 5.74) is 0.227. The van der Waals surface area contributed by atoms with E-state index in [1.54, 1.807) is 6.07 Å². The third kappa shape index (κ3) is 3.46. The Hall–Kier alpha value is -1.99. The fraction of sp³-hybridized carbons (Fsp3) is 0.389. The lowest BCUT2D eigenvalue weighted by molar-refractivity contribution is -0.121. The Kier molecular flexibility index (Phi) is 5.29. The molecular formula is C18H19ClFN3O2S. The van der Waals surface area contributed by atoms with E-state index in [0.29, 0.717) is 22.0 Å². The van der Waals surface area contributed by atoms with Gasteiger partial charge in [0.1, 0.15) is 21.7 Å². The van der Waals surface area contributed by atoms with Gasteiger partial charge in [0.25, 0.3) is 5.91 Å². The molecule has 138 valence electrons. The first-order chi connectivity index (χ1) is 12.4. The monoisotopic (exact) mass is 395 g/mol. The van der Waals surface area contributed by atoms with Gasteiger partial charge in [-0.2, -0.15) is 0 Å². The molecule has 1 aromatic carbocycles. The predicted octanol–water partition coefficient (Wildman–Crippen LogP) is 3.64. The van der Waals surface area contributed by atoms with Crippen LogP contribution in [0, 0.1) is 11.2 Å². The van der Waals surface area contributed by atoms with E-state index in [0.717, 1.165) is 24.2 Å². The molecule has 2 heterocycles. The first kappa shape index (κ1) is 18.8. The van der Waals surface area contributed by atoms with Crippen LogP contribution < -0.4 is 10.6 Å². The summed E-state index contributed by atoms with van der Waals surface area (Å²) in [5, 5.41) is 6.44. The Morgan fingerprint density at radius 1 is 1.42 bits per heavy atom. The molecule has 2 amide bonds. The summed E-state index contributed by atoms with van der Waals surface area (Å²) >= 11 is 7.01. The van der Waals surface area contributed by atoms with Gasteiger partial charge in [-0.15, -0.1) is 11.3 Å². The Morgan fingerprint density at radius 3 is 2.81 bits per heavy atom. The van der Waals surface area contributed by atoms with Crippen LogP contribution in [0.3, 0.4) is 0 Å². The number of rotatable bonds is 5. The highest BCUT2D eigenvalue weighted by Crippen LogP contribution is 2.34. The average molecular weight is 396 g/mol. The number of hydrogen-bond donors (Lipinski definition) is 2. The van der Waals surface area contributed by atoms with E-state index >= 15 is 0 Å². The molecule has 1 saturated heterocycles. The van der Waals surface area contributed by atoms with Gasteiger partial charge in [0, 0.05) is 22.5 Å². The van der Waals surface area contributed by atoms with E-state index in [-0.39, 0.29) is 22.3 Å². The van der Waals surface area contributed by atoms with Gasteiger partial charge in [-0.25, -0.2) is 9.37 Å². The Labute approximate surface area is 160 Å². The number of aromatic nitrogens is 1. The molecule has 1 aliphatic rings. The minimum Gasteiger partial charge on any atom is -0.354 e. The van der Waals surface area contributed by atoms with Gasteiger partial charge in [0.05, 0.1) is 6.20 Å². The summed E-state index contributed by atoms with van der Waals surface area (Å²) in [6.45, 7) is 4.59. The quantitative estimate of drug-likeness (QED) is 0.811. The van der Waals surface area contributed by atoms with E-state index in [1.165, 1.54) is 18.3 Å². The minimum atomic E-state index is -0.570. The number of nitrogens with one attached hydrogen (secondary N) is 2. The Bertz CT molecular complexity index is 830. The topological polar surface area (TPSA) is 71.1 Å². The van der Waals surface area contributed by atoms with Gasteiger partial charge in [-0.05, 0) is 31.0 Å². The summed E-state index contributed by atoms with van der Waals surface area (Å²) in [4.78, 5) is 29.4. The molecule has 2 aromatic rings. The summed E-state index contributed by atoms with van der Waals surface area (Å²) in [6.07, 6.45) is 2.99. The van der Waals surface area contributed by atoms with Crippen LogP contribution in [-0.2, 0) is 4.79 Å². The molecular weight excluding hydrogens is 377 g/mol. The molecule has 1 aliphatic heterocycles. The molecule has 0 saturated carbocycles. The third-order valence-electron chi connectivity index (χ3n) is 5.01. The lowest BCUT2D eigenvalue weighted by Crippen LogP contribution is -2.48. The second-order valence-electron chi connectivity index (χ2n) is 6.38.